The summed E-state index contributed by atoms with van der Waals surface area (Å²) >= 11 is 0. The average molecular weight is 357 g/mol. The molecule has 7 heteroatoms. The smallest absolute Gasteiger partial charge is 0.333 e. The van der Waals surface area contributed by atoms with Gasteiger partial charge in [-0.25, -0.2) is 14.6 Å². The van der Waals surface area contributed by atoms with E-state index in [9.17, 15) is 9.59 Å². The number of hydrogen-bond donors (Lipinski definition) is 1. The Morgan fingerprint density at radius 2 is 1.96 bits per heavy atom. The van der Waals surface area contributed by atoms with E-state index in [0.717, 1.165) is 17.7 Å². The van der Waals surface area contributed by atoms with Gasteiger partial charge in [0.25, 0.3) is 0 Å². The Morgan fingerprint density at radius 3 is 2.58 bits per heavy atom. The molecule has 0 radical (unpaired) electrons. The predicted octanol–water partition coefficient (Wildman–Crippen LogP) is 1.99. The first-order valence-corrected chi connectivity index (χ1v) is 8.16. The normalized spacial score (nSPS) is 11.5. The van der Waals surface area contributed by atoms with Crippen molar-refractivity contribution < 1.29 is 19.1 Å². The van der Waals surface area contributed by atoms with E-state index in [4.69, 9.17) is 9.47 Å². The Hall–Kier alpha value is -2.93. The topological polar surface area (TPSA) is 82.5 Å². The van der Waals surface area contributed by atoms with E-state index in [1.165, 1.54) is 6.08 Å². The molecule has 138 valence electrons. The van der Waals surface area contributed by atoms with Crippen LogP contribution in [-0.2, 0) is 25.6 Å². The summed E-state index contributed by atoms with van der Waals surface area (Å²) in [5.41, 5.74) is 1.16. The van der Waals surface area contributed by atoms with Crippen LogP contribution in [-0.4, -0.2) is 40.9 Å². The number of ether oxygens (including phenoxy) is 2. The maximum atomic E-state index is 11.7. The molecule has 2 aromatic rings. The van der Waals surface area contributed by atoms with Crippen molar-refractivity contribution in [3.63, 3.8) is 0 Å². The number of carbonyl (C=O) groups is 2. The average Bonchev–Trinajstić information content (AvgIpc) is 3.14. The van der Waals surface area contributed by atoms with Crippen LogP contribution in [0.1, 0.15) is 25.0 Å². The number of esters is 2. The van der Waals surface area contributed by atoms with E-state index < -0.39 is 24.3 Å². The Labute approximate surface area is 152 Å². The van der Waals surface area contributed by atoms with E-state index in [0.29, 0.717) is 0 Å². The lowest BCUT2D eigenvalue weighted by atomic mass is 10.1. The van der Waals surface area contributed by atoms with Crippen LogP contribution in [0.3, 0.4) is 0 Å². The molecule has 0 saturated carbocycles. The number of aromatic nitrogens is 2. The minimum absolute atomic E-state index is 0.420. The van der Waals surface area contributed by atoms with Crippen LogP contribution in [0, 0.1) is 0 Å². The van der Waals surface area contributed by atoms with Gasteiger partial charge in [-0.2, -0.15) is 0 Å². The van der Waals surface area contributed by atoms with Crippen LogP contribution < -0.4 is 5.32 Å². The lowest BCUT2D eigenvalue weighted by Crippen LogP contribution is -2.45. The van der Waals surface area contributed by atoms with Gasteiger partial charge in [-0.1, -0.05) is 24.3 Å². The van der Waals surface area contributed by atoms with Crippen LogP contribution in [0.15, 0.2) is 49.1 Å². The van der Waals surface area contributed by atoms with Crippen molar-refractivity contribution in [3.05, 3.63) is 60.2 Å². The minimum Gasteiger partial charge on any atom is -0.426 e. The zero-order valence-electron chi connectivity index (χ0n) is 15.1. The Morgan fingerprint density at radius 1 is 1.23 bits per heavy atom. The number of imidazole rings is 1. The molecule has 0 bridgehead atoms. The van der Waals surface area contributed by atoms with Crippen molar-refractivity contribution in [2.45, 2.75) is 25.9 Å². The molecule has 26 heavy (non-hydrogen) atoms. The van der Waals surface area contributed by atoms with Gasteiger partial charge in [-0.3, -0.25) is 0 Å². The third-order valence-corrected chi connectivity index (χ3v) is 3.84. The second-order valence-electron chi connectivity index (χ2n) is 6.20. The van der Waals surface area contributed by atoms with Crippen LogP contribution in [0.2, 0.25) is 0 Å². The van der Waals surface area contributed by atoms with Crippen LogP contribution in [0.4, 0.5) is 0 Å². The summed E-state index contributed by atoms with van der Waals surface area (Å²) in [4.78, 5) is 27.4. The van der Waals surface area contributed by atoms with Crippen molar-refractivity contribution in [2.75, 3.05) is 13.8 Å². The summed E-state index contributed by atoms with van der Waals surface area (Å²) in [6.45, 7) is 3.67. The van der Waals surface area contributed by atoms with Crippen molar-refractivity contribution in [2.24, 2.45) is 0 Å². The van der Waals surface area contributed by atoms with Crippen molar-refractivity contribution in [1.29, 1.82) is 0 Å². The van der Waals surface area contributed by atoms with Gasteiger partial charge in [0, 0.05) is 25.0 Å². The zero-order valence-corrected chi connectivity index (χ0v) is 15.1. The third-order valence-electron chi connectivity index (χ3n) is 3.84. The number of hydrogen-bond acceptors (Lipinski definition) is 6. The highest BCUT2D eigenvalue weighted by Gasteiger charge is 2.27. The molecule has 1 aromatic carbocycles. The highest BCUT2D eigenvalue weighted by atomic mass is 16.7. The molecule has 0 saturated heterocycles. The summed E-state index contributed by atoms with van der Waals surface area (Å²) in [5.74, 6) is -1.08. The summed E-state index contributed by atoms with van der Waals surface area (Å²) in [5, 5.41) is 2.81. The lowest BCUT2D eigenvalue weighted by Gasteiger charge is -2.21. The molecule has 0 amide bonds. The number of nitrogens with one attached hydrogen (secondary N) is 1. The monoisotopic (exact) mass is 357 g/mol. The standard InChI is InChI=1S/C19H23N3O4/c1-19(2,20-3)18(24)26-14-25-17(23)9-8-15-4-6-16(7-5-15)12-22-11-10-21-13-22/h4-11,13,20H,12,14H2,1-3H3/b9-8+. The van der Waals surface area contributed by atoms with Crippen molar-refractivity contribution in [1.82, 2.24) is 14.9 Å². The molecule has 1 N–H and O–H groups in total. The van der Waals surface area contributed by atoms with Gasteiger partial charge >= 0.3 is 11.9 Å². The van der Waals surface area contributed by atoms with E-state index in [2.05, 4.69) is 10.3 Å². The van der Waals surface area contributed by atoms with Gasteiger partial charge in [0.15, 0.2) is 0 Å². The summed E-state index contributed by atoms with van der Waals surface area (Å²) < 4.78 is 11.7. The molecule has 1 aromatic heterocycles. The number of carbonyl (C=O) groups excluding carboxylic acids is 2. The van der Waals surface area contributed by atoms with Gasteiger partial charge in [0.05, 0.1) is 6.33 Å². The quantitative estimate of drug-likeness (QED) is 0.442. The van der Waals surface area contributed by atoms with Crippen LogP contribution >= 0.6 is 0 Å². The first-order valence-electron chi connectivity index (χ1n) is 8.16. The minimum atomic E-state index is -0.833. The van der Waals surface area contributed by atoms with Crippen LogP contribution in [0.5, 0.6) is 0 Å². The van der Waals surface area contributed by atoms with Gasteiger partial charge in [-0.05, 0) is 38.1 Å². The lowest BCUT2D eigenvalue weighted by molar-refractivity contribution is -0.168. The molecule has 1 heterocycles. The fourth-order valence-corrected chi connectivity index (χ4v) is 1.96. The molecule has 0 aliphatic heterocycles. The number of nitrogens with zero attached hydrogens (tertiary/aromatic N) is 2. The summed E-state index contributed by atoms with van der Waals surface area (Å²) in [6.07, 6.45) is 8.33. The Bertz CT molecular complexity index is 750. The highest BCUT2D eigenvalue weighted by molar-refractivity contribution is 5.87. The molecule has 0 fully saturated rings. The number of benzene rings is 1. The summed E-state index contributed by atoms with van der Waals surface area (Å²) in [7, 11) is 1.65. The SMILES string of the molecule is CNC(C)(C)C(=O)OCOC(=O)/C=C/c1ccc(Cn2ccnc2)cc1. The molecule has 0 aliphatic rings. The van der Waals surface area contributed by atoms with Gasteiger partial charge in [0.1, 0.15) is 5.54 Å². The second-order valence-corrected chi connectivity index (χ2v) is 6.20. The number of rotatable bonds is 8. The van der Waals surface area contributed by atoms with Crippen molar-refractivity contribution >= 4 is 18.0 Å². The van der Waals surface area contributed by atoms with Crippen LogP contribution in [0.25, 0.3) is 6.08 Å². The molecule has 7 nitrogen and oxygen atoms in total. The maximum absolute atomic E-state index is 11.7. The third kappa shape index (κ3) is 5.86. The maximum Gasteiger partial charge on any atom is 0.333 e. The zero-order chi connectivity index (χ0) is 19.0. The van der Waals surface area contributed by atoms with Gasteiger partial charge < -0.3 is 19.4 Å². The first kappa shape index (κ1) is 19.4. The summed E-state index contributed by atoms with van der Waals surface area (Å²) in [6, 6.07) is 7.77. The highest BCUT2D eigenvalue weighted by Crippen LogP contribution is 2.08. The van der Waals surface area contributed by atoms with E-state index in [-0.39, 0.29) is 0 Å². The predicted molar refractivity (Wildman–Crippen MR) is 97.0 cm³/mol. The molecule has 0 spiro atoms. The molecule has 0 atom stereocenters. The van der Waals surface area contributed by atoms with E-state index in [1.807, 2.05) is 35.0 Å². The fourth-order valence-electron chi connectivity index (χ4n) is 1.96. The molecule has 0 unspecified atom stereocenters. The van der Waals surface area contributed by atoms with Gasteiger partial charge in [0.2, 0.25) is 6.79 Å². The molecular formula is C19H23N3O4. The largest absolute Gasteiger partial charge is 0.426 e. The molecule has 0 aliphatic carbocycles. The number of likely N-dealkylation sites (N-methyl/N-ethyl adjacent to an activating group) is 1. The molecule has 2 rings (SSSR count). The van der Waals surface area contributed by atoms with Gasteiger partial charge in [-0.15, -0.1) is 0 Å². The molecular weight excluding hydrogens is 334 g/mol. The Kier molecular flexibility index (Phi) is 6.68. The Balaban J connectivity index is 1.78. The van der Waals surface area contributed by atoms with E-state index >= 15 is 0 Å². The second kappa shape index (κ2) is 8.96. The fraction of sp³-hybridized carbons (Fsp3) is 0.316. The van der Waals surface area contributed by atoms with E-state index in [1.54, 1.807) is 39.5 Å². The first-order chi connectivity index (χ1) is 12.4. The van der Waals surface area contributed by atoms with Crippen molar-refractivity contribution in [3.8, 4) is 0 Å².